The van der Waals surface area contributed by atoms with Crippen molar-refractivity contribution in [1.29, 1.82) is 0 Å². The van der Waals surface area contributed by atoms with E-state index in [9.17, 15) is 14.4 Å². The molecule has 2 aliphatic rings. The van der Waals surface area contributed by atoms with E-state index in [1.54, 1.807) is 17.0 Å². The highest BCUT2D eigenvalue weighted by Crippen LogP contribution is 2.21. The number of nitrogens with zero attached hydrogens (tertiary/aromatic N) is 4. The lowest BCUT2D eigenvalue weighted by molar-refractivity contribution is -0.126. The highest BCUT2D eigenvalue weighted by Gasteiger charge is 2.30. The fourth-order valence-corrected chi connectivity index (χ4v) is 4.99. The van der Waals surface area contributed by atoms with Gasteiger partial charge in [-0.2, -0.15) is 0 Å². The first-order valence-corrected chi connectivity index (χ1v) is 12.4. The van der Waals surface area contributed by atoms with Crippen LogP contribution in [0.5, 0.6) is 0 Å². The predicted molar refractivity (Wildman–Crippen MR) is 126 cm³/mol. The number of amides is 3. The number of aromatic nitrogens is 2. The minimum absolute atomic E-state index is 0.00844. The fourth-order valence-electron chi connectivity index (χ4n) is 4.28. The number of benzene rings is 1. The summed E-state index contributed by atoms with van der Waals surface area (Å²) in [6, 6.07) is 9.05. The summed E-state index contributed by atoms with van der Waals surface area (Å²) in [6.45, 7) is 4.94. The van der Waals surface area contributed by atoms with Gasteiger partial charge >= 0.3 is 0 Å². The van der Waals surface area contributed by atoms with Crippen molar-refractivity contribution in [3.8, 4) is 0 Å². The van der Waals surface area contributed by atoms with Crippen LogP contribution in [0.3, 0.4) is 0 Å². The molecular weight excluding hydrogens is 440 g/mol. The molecule has 2 saturated heterocycles. The van der Waals surface area contributed by atoms with E-state index in [1.165, 1.54) is 12.8 Å². The second-order valence-electron chi connectivity index (χ2n) is 8.52. The highest BCUT2D eigenvalue weighted by molar-refractivity contribution is 7.15. The van der Waals surface area contributed by atoms with Crippen LogP contribution in [0, 0.1) is 5.92 Å². The maximum absolute atomic E-state index is 12.9. The van der Waals surface area contributed by atoms with Crippen molar-refractivity contribution in [2.24, 2.45) is 5.92 Å². The van der Waals surface area contributed by atoms with E-state index in [-0.39, 0.29) is 27.7 Å². The van der Waals surface area contributed by atoms with Gasteiger partial charge in [-0.3, -0.25) is 14.4 Å². The maximum Gasteiger partial charge on any atom is 0.286 e. The zero-order valence-electron chi connectivity index (χ0n) is 18.7. The Morgan fingerprint density at radius 2 is 1.76 bits per heavy atom. The molecule has 4 rings (SSSR count). The van der Waals surface area contributed by atoms with E-state index >= 15 is 0 Å². The van der Waals surface area contributed by atoms with Crippen LogP contribution in [0.4, 0.5) is 5.69 Å². The third-order valence-electron chi connectivity index (χ3n) is 6.06. The molecule has 0 bridgehead atoms. The summed E-state index contributed by atoms with van der Waals surface area (Å²) in [4.78, 5) is 42.0. The average Bonchev–Trinajstić information content (AvgIpc) is 3.54. The molecule has 2 N–H and O–H groups in total. The Kier molecular flexibility index (Phi) is 8.01. The van der Waals surface area contributed by atoms with Crippen molar-refractivity contribution in [1.82, 2.24) is 25.3 Å². The van der Waals surface area contributed by atoms with E-state index in [2.05, 4.69) is 25.7 Å². The van der Waals surface area contributed by atoms with Crippen LogP contribution in [0.15, 0.2) is 30.3 Å². The van der Waals surface area contributed by atoms with Crippen LogP contribution in [-0.4, -0.2) is 77.0 Å². The molecule has 1 aromatic heterocycles. The standard InChI is InChI=1S/C23H30N6O3S/c30-19(24-11-7-14-28-12-4-5-13-28)17-8-6-15-29(16-17)23(32)22-27-26-21(33-22)20(31)25-18-9-2-1-3-10-18/h1-3,9-10,17H,4-8,11-16H2,(H,24,30)(H,25,31)/t17-/m0/s1. The van der Waals surface area contributed by atoms with Gasteiger partial charge in [-0.15, -0.1) is 10.2 Å². The number of carbonyl (C=O) groups excluding carboxylic acids is 3. The number of carbonyl (C=O) groups is 3. The summed E-state index contributed by atoms with van der Waals surface area (Å²) in [5.74, 6) is -0.891. The zero-order valence-corrected chi connectivity index (χ0v) is 19.5. The van der Waals surface area contributed by atoms with E-state index in [4.69, 9.17) is 0 Å². The Morgan fingerprint density at radius 3 is 2.55 bits per heavy atom. The molecule has 176 valence electrons. The molecule has 2 fully saturated rings. The quantitative estimate of drug-likeness (QED) is 0.573. The van der Waals surface area contributed by atoms with Crippen molar-refractivity contribution in [2.75, 3.05) is 44.6 Å². The number of likely N-dealkylation sites (tertiary alicyclic amines) is 2. The largest absolute Gasteiger partial charge is 0.356 e. The lowest BCUT2D eigenvalue weighted by atomic mass is 9.97. The second-order valence-corrected chi connectivity index (χ2v) is 9.49. The van der Waals surface area contributed by atoms with Crippen molar-refractivity contribution in [3.05, 3.63) is 40.3 Å². The number of hydrogen-bond donors (Lipinski definition) is 2. The zero-order chi connectivity index (χ0) is 23.0. The summed E-state index contributed by atoms with van der Waals surface area (Å²) in [7, 11) is 0. The molecule has 3 heterocycles. The van der Waals surface area contributed by atoms with E-state index < -0.39 is 5.91 Å². The van der Waals surface area contributed by atoms with E-state index in [1.807, 2.05) is 18.2 Å². The molecule has 1 atom stereocenters. The number of anilines is 1. The van der Waals surface area contributed by atoms with Crippen LogP contribution < -0.4 is 10.6 Å². The van der Waals surface area contributed by atoms with Crippen molar-refractivity contribution < 1.29 is 14.4 Å². The summed E-state index contributed by atoms with van der Waals surface area (Å²) < 4.78 is 0. The molecule has 0 radical (unpaired) electrons. The molecule has 3 amide bonds. The average molecular weight is 471 g/mol. The number of piperidine rings is 1. The van der Waals surface area contributed by atoms with E-state index in [0.29, 0.717) is 25.3 Å². The Morgan fingerprint density at radius 1 is 1.00 bits per heavy atom. The first-order chi connectivity index (χ1) is 16.1. The monoisotopic (exact) mass is 470 g/mol. The van der Waals surface area contributed by atoms with Gasteiger partial charge in [0.1, 0.15) is 0 Å². The smallest absolute Gasteiger partial charge is 0.286 e. The molecule has 10 heteroatoms. The lowest BCUT2D eigenvalue weighted by Gasteiger charge is -2.31. The van der Waals surface area contributed by atoms with Gasteiger partial charge in [-0.05, 0) is 63.9 Å². The minimum atomic E-state index is -0.400. The van der Waals surface area contributed by atoms with Gasteiger partial charge in [-0.25, -0.2) is 0 Å². The second kappa shape index (κ2) is 11.3. The first kappa shape index (κ1) is 23.3. The summed E-state index contributed by atoms with van der Waals surface area (Å²) in [5, 5.41) is 13.9. The van der Waals surface area contributed by atoms with Crippen molar-refractivity contribution in [3.63, 3.8) is 0 Å². The van der Waals surface area contributed by atoms with Crippen LogP contribution in [0.1, 0.15) is 51.7 Å². The SMILES string of the molecule is O=C(Nc1ccccc1)c1nnc(C(=O)N2CCC[C@H](C(=O)NCCCN3CCCC3)C2)s1. The number of rotatable bonds is 8. The topological polar surface area (TPSA) is 108 Å². The summed E-state index contributed by atoms with van der Waals surface area (Å²) >= 11 is 0.970. The normalized spacial score (nSPS) is 18.8. The molecule has 0 unspecified atom stereocenters. The highest BCUT2D eigenvalue weighted by atomic mass is 32.1. The Labute approximate surface area is 197 Å². The molecule has 33 heavy (non-hydrogen) atoms. The number of nitrogens with one attached hydrogen (secondary N) is 2. The van der Waals surface area contributed by atoms with Gasteiger partial charge in [0.05, 0.1) is 5.92 Å². The molecule has 9 nitrogen and oxygen atoms in total. The molecule has 1 aromatic carbocycles. The van der Waals surface area contributed by atoms with Gasteiger partial charge in [0.2, 0.25) is 15.9 Å². The Balaban J connectivity index is 1.26. The maximum atomic E-state index is 12.9. The predicted octanol–water partition coefficient (Wildman–Crippen LogP) is 2.24. The Bertz CT molecular complexity index is 960. The van der Waals surface area contributed by atoms with E-state index in [0.717, 1.165) is 50.2 Å². The number of hydrogen-bond acceptors (Lipinski definition) is 7. The third-order valence-corrected chi connectivity index (χ3v) is 6.97. The van der Waals surface area contributed by atoms with Gasteiger partial charge < -0.3 is 20.4 Å². The van der Waals surface area contributed by atoms with Crippen LogP contribution in [0.2, 0.25) is 0 Å². The molecule has 2 aromatic rings. The molecular formula is C23H30N6O3S. The minimum Gasteiger partial charge on any atom is -0.356 e. The third kappa shape index (κ3) is 6.35. The molecule has 2 aliphatic heterocycles. The molecule has 0 saturated carbocycles. The van der Waals surface area contributed by atoms with Gasteiger partial charge in [0.15, 0.2) is 0 Å². The Hall–Kier alpha value is -2.85. The lowest BCUT2D eigenvalue weighted by Crippen LogP contribution is -2.45. The summed E-state index contributed by atoms with van der Waals surface area (Å²) in [5.41, 5.74) is 0.649. The molecule has 0 aliphatic carbocycles. The van der Waals surface area contributed by atoms with Crippen LogP contribution in [0.25, 0.3) is 0 Å². The van der Waals surface area contributed by atoms with Crippen molar-refractivity contribution in [2.45, 2.75) is 32.1 Å². The fraction of sp³-hybridized carbons (Fsp3) is 0.522. The number of para-hydroxylation sites is 1. The summed E-state index contributed by atoms with van der Waals surface area (Å²) in [6.07, 6.45) is 5.01. The van der Waals surface area contributed by atoms with Gasteiger partial charge in [0, 0.05) is 25.3 Å². The van der Waals surface area contributed by atoms with Gasteiger partial charge in [-0.1, -0.05) is 29.5 Å². The van der Waals surface area contributed by atoms with Crippen LogP contribution >= 0.6 is 11.3 Å². The van der Waals surface area contributed by atoms with Gasteiger partial charge in [0.25, 0.3) is 11.8 Å². The van der Waals surface area contributed by atoms with Crippen LogP contribution in [-0.2, 0) is 4.79 Å². The van der Waals surface area contributed by atoms with Crippen molar-refractivity contribution >= 4 is 34.7 Å². The molecule has 0 spiro atoms. The first-order valence-electron chi connectivity index (χ1n) is 11.6.